The van der Waals surface area contributed by atoms with Crippen molar-refractivity contribution < 1.29 is 24.2 Å². The van der Waals surface area contributed by atoms with E-state index in [1.807, 2.05) is 49.7 Å². The number of benzene rings is 2. The number of carbonyl (C=O) groups excluding carboxylic acids is 1. The average Bonchev–Trinajstić information content (AvgIpc) is 3.19. The van der Waals surface area contributed by atoms with Crippen LogP contribution in [-0.4, -0.2) is 32.8 Å². The van der Waals surface area contributed by atoms with Crippen molar-refractivity contribution in [2.75, 3.05) is 7.11 Å². The standard InChI is InChI=1S/C28H31N3O6/c1-15(2)25(28-29-19-8-6-7-9-20(19)31(28)4)30-24(34)14-18(17-10-11-21(32)23(13-17)36-5)27-26(35)22(33)12-16(3)37-27/h6-13,15,18,25,32,35H,14H2,1-5H3,(H,30,34)/t18?,25-/m0/s1. The highest BCUT2D eigenvalue weighted by Crippen LogP contribution is 2.37. The van der Waals surface area contributed by atoms with Crippen molar-refractivity contribution in [2.24, 2.45) is 13.0 Å². The molecular formula is C28H31N3O6. The number of methoxy groups -OCH3 is 1. The fourth-order valence-electron chi connectivity index (χ4n) is 4.52. The van der Waals surface area contributed by atoms with E-state index in [9.17, 15) is 19.8 Å². The van der Waals surface area contributed by atoms with Crippen LogP contribution >= 0.6 is 0 Å². The quantitative estimate of drug-likeness (QED) is 0.326. The van der Waals surface area contributed by atoms with Crippen LogP contribution in [0.2, 0.25) is 0 Å². The molecule has 9 nitrogen and oxygen atoms in total. The average molecular weight is 506 g/mol. The van der Waals surface area contributed by atoms with Crippen molar-refractivity contribution in [1.82, 2.24) is 14.9 Å². The lowest BCUT2D eigenvalue weighted by atomic mass is 9.91. The summed E-state index contributed by atoms with van der Waals surface area (Å²) in [6.07, 6.45) is -0.138. The van der Waals surface area contributed by atoms with Gasteiger partial charge in [-0.25, -0.2) is 4.98 Å². The zero-order chi connectivity index (χ0) is 26.9. The topological polar surface area (TPSA) is 127 Å². The van der Waals surface area contributed by atoms with Gasteiger partial charge in [-0.15, -0.1) is 0 Å². The summed E-state index contributed by atoms with van der Waals surface area (Å²) in [6.45, 7) is 5.59. The van der Waals surface area contributed by atoms with Gasteiger partial charge in [-0.2, -0.15) is 0 Å². The summed E-state index contributed by atoms with van der Waals surface area (Å²) in [6, 6.07) is 13.1. The van der Waals surface area contributed by atoms with Gasteiger partial charge in [-0.3, -0.25) is 9.59 Å². The predicted molar refractivity (Wildman–Crippen MR) is 139 cm³/mol. The van der Waals surface area contributed by atoms with Crippen molar-refractivity contribution in [3.05, 3.63) is 81.7 Å². The number of para-hydroxylation sites is 2. The maximum atomic E-state index is 13.5. The number of hydrogen-bond acceptors (Lipinski definition) is 7. The molecule has 0 saturated heterocycles. The summed E-state index contributed by atoms with van der Waals surface area (Å²) in [4.78, 5) is 30.6. The molecule has 0 bridgehead atoms. The van der Waals surface area contributed by atoms with Gasteiger partial charge < -0.3 is 29.3 Å². The first kappa shape index (κ1) is 25.8. The van der Waals surface area contributed by atoms with Crippen LogP contribution in [-0.2, 0) is 11.8 Å². The van der Waals surface area contributed by atoms with E-state index in [2.05, 4.69) is 5.32 Å². The molecule has 0 fully saturated rings. The Hall–Kier alpha value is -4.27. The van der Waals surface area contributed by atoms with Gasteiger partial charge in [-0.1, -0.05) is 32.0 Å². The molecule has 2 aromatic heterocycles. The van der Waals surface area contributed by atoms with E-state index in [4.69, 9.17) is 14.1 Å². The number of aryl methyl sites for hydroxylation is 2. The molecule has 0 aliphatic heterocycles. The lowest BCUT2D eigenvalue weighted by Gasteiger charge is -2.24. The second kappa shape index (κ2) is 10.4. The number of aromatic nitrogens is 2. The van der Waals surface area contributed by atoms with Crippen molar-refractivity contribution in [1.29, 1.82) is 0 Å². The second-order valence-electron chi connectivity index (χ2n) is 9.43. The van der Waals surface area contributed by atoms with E-state index in [0.717, 1.165) is 16.9 Å². The van der Waals surface area contributed by atoms with Crippen LogP contribution in [0.15, 0.2) is 57.7 Å². The second-order valence-corrected chi connectivity index (χ2v) is 9.43. The summed E-state index contributed by atoms with van der Waals surface area (Å²) in [5, 5.41) is 23.7. The van der Waals surface area contributed by atoms with Gasteiger partial charge >= 0.3 is 0 Å². The molecule has 0 saturated carbocycles. The molecule has 0 radical (unpaired) electrons. The molecule has 4 aromatic rings. The van der Waals surface area contributed by atoms with E-state index < -0.39 is 23.1 Å². The number of ether oxygens (including phenoxy) is 1. The Labute approximate surface area is 214 Å². The van der Waals surface area contributed by atoms with Gasteiger partial charge in [0.1, 0.15) is 11.6 Å². The van der Waals surface area contributed by atoms with E-state index >= 15 is 0 Å². The van der Waals surface area contributed by atoms with Gasteiger partial charge in [0.15, 0.2) is 17.3 Å². The number of phenols is 1. The van der Waals surface area contributed by atoms with Gasteiger partial charge in [-0.05, 0) is 42.7 Å². The lowest BCUT2D eigenvalue weighted by Crippen LogP contribution is -2.34. The molecule has 1 amide bonds. The number of aromatic hydroxyl groups is 2. The predicted octanol–water partition coefficient (Wildman–Crippen LogP) is 4.29. The van der Waals surface area contributed by atoms with Crippen LogP contribution in [0.4, 0.5) is 0 Å². The van der Waals surface area contributed by atoms with Gasteiger partial charge in [0.2, 0.25) is 17.1 Å². The van der Waals surface area contributed by atoms with Crippen LogP contribution in [0.5, 0.6) is 17.2 Å². The first-order chi connectivity index (χ1) is 17.6. The first-order valence-electron chi connectivity index (χ1n) is 12.0. The molecule has 2 atom stereocenters. The number of rotatable bonds is 8. The maximum Gasteiger partial charge on any atom is 0.227 e. The zero-order valence-corrected chi connectivity index (χ0v) is 21.5. The van der Waals surface area contributed by atoms with Gasteiger partial charge in [0.25, 0.3) is 0 Å². The third kappa shape index (κ3) is 5.16. The van der Waals surface area contributed by atoms with E-state index in [0.29, 0.717) is 11.3 Å². The number of hydrogen-bond donors (Lipinski definition) is 3. The fourth-order valence-corrected chi connectivity index (χ4v) is 4.52. The molecule has 3 N–H and O–H groups in total. The Balaban J connectivity index is 1.72. The Bertz CT molecular complexity index is 1500. The van der Waals surface area contributed by atoms with Crippen molar-refractivity contribution in [3.8, 4) is 17.2 Å². The SMILES string of the molecule is COc1cc(C(CC(=O)N[C@H](c2nc3ccccc3n2C)C(C)C)c2oc(C)cc(=O)c2O)ccc1O. The number of phenolic OH excluding ortho intramolecular Hbond substituents is 1. The Morgan fingerprint density at radius 1 is 1.16 bits per heavy atom. The highest BCUT2D eigenvalue weighted by atomic mass is 16.5. The molecule has 194 valence electrons. The monoisotopic (exact) mass is 505 g/mol. The molecular weight excluding hydrogens is 474 g/mol. The van der Waals surface area contributed by atoms with Crippen molar-refractivity contribution in [3.63, 3.8) is 0 Å². The van der Waals surface area contributed by atoms with Crippen LogP contribution in [0.25, 0.3) is 11.0 Å². The highest BCUT2D eigenvalue weighted by molar-refractivity contribution is 5.79. The summed E-state index contributed by atoms with van der Waals surface area (Å²) in [5.41, 5.74) is 1.71. The number of nitrogens with zero attached hydrogens (tertiary/aromatic N) is 2. The number of imidazole rings is 1. The third-order valence-electron chi connectivity index (χ3n) is 6.47. The van der Waals surface area contributed by atoms with E-state index in [-0.39, 0.29) is 35.5 Å². The minimum absolute atomic E-state index is 0.0250. The van der Waals surface area contributed by atoms with Gasteiger partial charge in [0, 0.05) is 19.5 Å². The fraction of sp³-hybridized carbons (Fsp3) is 0.321. The Kier molecular flexibility index (Phi) is 7.24. The molecule has 0 aliphatic carbocycles. The van der Waals surface area contributed by atoms with Crippen molar-refractivity contribution in [2.45, 2.75) is 39.2 Å². The van der Waals surface area contributed by atoms with Gasteiger partial charge in [0.05, 0.1) is 30.1 Å². The largest absolute Gasteiger partial charge is 0.504 e. The molecule has 1 unspecified atom stereocenters. The third-order valence-corrected chi connectivity index (χ3v) is 6.47. The van der Waals surface area contributed by atoms with E-state index in [1.54, 1.807) is 19.1 Å². The summed E-state index contributed by atoms with van der Waals surface area (Å²) < 4.78 is 13.0. The number of amides is 1. The molecule has 2 heterocycles. The lowest BCUT2D eigenvalue weighted by molar-refractivity contribution is -0.122. The normalized spacial score (nSPS) is 13.0. The Morgan fingerprint density at radius 2 is 1.89 bits per heavy atom. The Morgan fingerprint density at radius 3 is 2.57 bits per heavy atom. The summed E-state index contributed by atoms with van der Waals surface area (Å²) in [5.74, 6) is -0.587. The smallest absolute Gasteiger partial charge is 0.227 e. The highest BCUT2D eigenvalue weighted by Gasteiger charge is 2.29. The molecule has 0 aliphatic rings. The van der Waals surface area contributed by atoms with Crippen LogP contribution < -0.4 is 15.5 Å². The van der Waals surface area contributed by atoms with Crippen LogP contribution in [0, 0.1) is 12.8 Å². The molecule has 2 aromatic carbocycles. The molecule has 9 heteroatoms. The van der Waals surface area contributed by atoms with Crippen LogP contribution in [0.1, 0.15) is 55.1 Å². The van der Waals surface area contributed by atoms with E-state index in [1.165, 1.54) is 19.2 Å². The maximum absolute atomic E-state index is 13.5. The minimum Gasteiger partial charge on any atom is -0.504 e. The number of fused-ring (bicyclic) bond motifs is 1. The first-order valence-corrected chi connectivity index (χ1v) is 12.0. The number of carbonyl (C=O) groups is 1. The number of nitrogens with one attached hydrogen (secondary N) is 1. The summed E-state index contributed by atoms with van der Waals surface area (Å²) in [7, 11) is 3.33. The molecule has 37 heavy (non-hydrogen) atoms. The summed E-state index contributed by atoms with van der Waals surface area (Å²) >= 11 is 0. The van der Waals surface area contributed by atoms with Crippen molar-refractivity contribution >= 4 is 16.9 Å². The minimum atomic E-state index is -0.824. The zero-order valence-electron chi connectivity index (χ0n) is 21.5. The van der Waals surface area contributed by atoms with Crippen LogP contribution in [0.3, 0.4) is 0 Å². The molecule has 0 spiro atoms. The molecule has 4 rings (SSSR count).